The van der Waals surface area contributed by atoms with Crippen molar-refractivity contribution in [3.8, 4) is 11.5 Å². The van der Waals surface area contributed by atoms with Gasteiger partial charge in [0.15, 0.2) is 0 Å². The number of para-hydroxylation sites is 2. The molecule has 0 aliphatic carbocycles. The quantitative estimate of drug-likeness (QED) is 0.0912. The molecule has 0 aliphatic heterocycles. The van der Waals surface area contributed by atoms with Crippen LogP contribution in [0.5, 0.6) is 11.5 Å². The van der Waals surface area contributed by atoms with Gasteiger partial charge in [0, 0.05) is 12.1 Å². The third kappa shape index (κ3) is 15.3. The lowest BCUT2D eigenvalue weighted by Gasteiger charge is -2.09. The number of benzene rings is 2. The van der Waals surface area contributed by atoms with Gasteiger partial charge in [-0.25, -0.2) is 0 Å². The maximum absolute atomic E-state index is 10.6. The number of hydrogen-bond donors (Lipinski definition) is 1. The van der Waals surface area contributed by atoms with E-state index < -0.39 is 4.92 Å². The van der Waals surface area contributed by atoms with E-state index in [1.807, 2.05) is 18.2 Å². The van der Waals surface area contributed by atoms with Crippen molar-refractivity contribution in [3.63, 3.8) is 0 Å². The van der Waals surface area contributed by atoms with Gasteiger partial charge in [-0.3, -0.25) is 10.1 Å². The minimum absolute atomic E-state index is 0.0270. The maximum atomic E-state index is 10.6. The van der Waals surface area contributed by atoms with Crippen molar-refractivity contribution in [1.82, 2.24) is 0 Å². The Hall–Kier alpha value is -3.00. The van der Waals surface area contributed by atoms with Crippen LogP contribution in [-0.4, -0.2) is 97.4 Å². The molecule has 0 radical (unpaired) electrons. The Morgan fingerprint density at radius 3 is 1.37 bits per heavy atom. The Balaban J connectivity index is 1.23. The van der Waals surface area contributed by atoms with Crippen LogP contribution in [0.1, 0.15) is 0 Å². The van der Waals surface area contributed by atoms with E-state index in [0.717, 1.165) is 0 Å². The van der Waals surface area contributed by atoms with Crippen LogP contribution in [0, 0.1) is 10.1 Å². The summed E-state index contributed by atoms with van der Waals surface area (Å²) in [5, 5.41) is 10.6. The molecule has 0 unspecified atom stereocenters. The number of nitrogen functional groups attached to an aromatic ring is 1. The summed E-state index contributed by atoms with van der Waals surface area (Å²) in [6.45, 7) is 6.38. The lowest BCUT2D eigenvalue weighted by atomic mass is 10.3. The Morgan fingerprint density at radius 1 is 0.553 bits per heavy atom. The van der Waals surface area contributed by atoms with E-state index in [9.17, 15) is 10.1 Å². The normalized spacial score (nSPS) is 10.9. The van der Waals surface area contributed by atoms with Crippen LogP contribution in [0.3, 0.4) is 0 Å². The van der Waals surface area contributed by atoms with Crippen LogP contribution >= 0.6 is 0 Å². The zero-order chi connectivity index (χ0) is 27.1. The highest BCUT2D eigenvalue weighted by Crippen LogP contribution is 2.19. The van der Waals surface area contributed by atoms with Crippen LogP contribution in [0.2, 0.25) is 0 Å². The van der Waals surface area contributed by atoms with E-state index >= 15 is 0 Å². The zero-order valence-electron chi connectivity index (χ0n) is 21.6. The van der Waals surface area contributed by atoms with Crippen molar-refractivity contribution in [2.75, 3.05) is 98.2 Å². The van der Waals surface area contributed by atoms with Crippen LogP contribution < -0.4 is 15.2 Å². The van der Waals surface area contributed by atoms with Gasteiger partial charge < -0.3 is 43.6 Å². The van der Waals surface area contributed by atoms with Gasteiger partial charge in [-0.05, 0) is 24.3 Å². The number of anilines is 1. The molecule has 0 saturated carbocycles. The van der Waals surface area contributed by atoms with E-state index in [4.69, 9.17) is 43.6 Å². The molecule has 12 nitrogen and oxygen atoms in total. The largest absolute Gasteiger partial charge is 0.491 e. The molecule has 38 heavy (non-hydrogen) atoms. The zero-order valence-corrected chi connectivity index (χ0v) is 21.6. The molecule has 0 spiro atoms. The topological polar surface area (TPSA) is 143 Å². The van der Waals surface area contributed by atoms with Crippen LogP contribution in [0.15, 0.2) is 48.5 Å². The van der Waals surface area contributed by atoms with Gasteiger partial charge in [0.1, 0.15) is 24.7 Å². The van der Waals surface area contributed by atoms with E-state index in [-0.39, 0.29) is 5.69 Å². The monoisotopic (exact) mass is 538 g/mol. The third-order valence-electron chi connectivity index (χ3n) is 4.81. The number of ether oxygens (including phenoxy) is 8. The maximum Gasteiger partial charge on any atom is 0.269 e. The molecule has 0 aromatic heterocycles. The minimum Gasteiger partial charge on any atom is -0.491 e. The fourth-order valence-electron chi connectivity index (χ4n) is 2.91. The first-order chi connectivity index (χ1) is 18.7. The Labute approximate surface area is 222 Å². The van der Waals surface area contributed by atoms with Crippen LogP contribution in [0.25, 0.3) is 0 Å². The lowest BCUT2D eigenvalue weighted by Crippen LogP contribution is -2.15. The molecular weight excluding hydrogens is 500 g/mol. The highest BCUT2D eigenvalue weighted by atomic mass is 16.6. The Kier molecular flexibility index (Phi) is 17.2. The second-order valence-corrected chi connectivity index (χ2v) is 7.66. The minimum atomic E-state index is -0.452. The molecule has 2 rings (SSSR count). The van der Waals surface area contributed by atoms with Crippen molar-refractivity contribution < 1.29 is 42.8 Å². The highest BCUT2D eigenvalue weighted by molar-refractivity contribution is 5.51. The summed E-state index contributed by atoms with van der Waals surface area (Å²) in [7, 11) is 0. The molecule has 0 amide bonds. The van der Waals surface area contributed by atoms with Crippen molar-refractivity contribution in [3.05, 3.63) is 58.6 Å². The molecule has 212 valence electrons. The summed E-state index contributed by atoms with van der Waals surface area (Å²) >= 11 is 0. The second kappa shape index (κ2) is 21.0. The van der Waals surface area contributed by atoms with Gasteiger partial charge in [-0.15, -0.1) is 0 Å². The number of nitrogens with two attached hydrogens (primary N) is 1. The summed E-state index contributed by atoms with van der Waals surface area (Å²) in [4.78, 5) is 10.2. The SMILES string of the molecule is Nc1ccccc1OCCOCCOCCOCCOCCOCCOCCOc1ccc([N+](=O)[O-])cc1. The van der Waals surface area contributed by atoms with Gasteiger partial charge in [0.25, 0.3) is 5.69 Å². The second-order valence-electron chi connectivity index (χ2n) is 7.66. The number of rotatable bonds is 24. The van der Waals surface area contributed by atoms with Gasteiger partial charge in [0.05, 0.1) is 89.9 Å². The van der Waals surface area contributed by atoms with Crippen LogP contribution in [0.4, 0.5) is 11.4 Å². The molecule has 12 heteroatoms. The molecule has 2 N–H and O–H groups in total. The van der Waals surface area contributed by atoms with Gasteiger partial charge in [-0.2, -0.15) is 0 Å². The molecule has 2 aromatic rings. The third-order valence-corrected chi connectivity index (χ3v) is 4.81. The number of nitro benzene ring substituents is 1. The van der Waals surface area contributed by atoms with E-state index in [2.05, 4.69) is 0 Å². The molecule has 0 saturated heterocycles. The molecule has 0 heterocycles. The summed E-state index contributed by atoms with van der Waals surface area (Å²) in [6, 6.07) is 13.3. The van der Waals surface area contributed by atoms with Gasteiger partial charge in [0.2, 0.25) is 0 Å². The van der Waals surface area contributed by atoms with Gasteiger partial charge >= 0.3 is 0 Å². The van der Waals surface area contributed by atoms with Crippen molar-refractivity contribution >= 4 is 11.4 Å². The van der Waals surface area contributed by atoms with Crippen molar-refractivity contribution in [2.24, 2.45) is 0 Å². The first-order valence-corrected chi connectivity index (χ1v) is 12.5. The predicted octanol–water partition coefficient (Wildman–Crippen LogP) is 2.73. The van der Waals surface area contributed by atoms with Crippen molar-refractivity contribution in [1.29, 1.82) is 0 Å². The first-order valence-electron chi connectivity index (χ1n) is 12.5. The summed E-state index contributed by atoms with van der Waals surface area (Å²) in [5.74, 6) is 1.22. The molecule has 2 aromatic carbocycles. The first kappa shape index (κ1) is 31.2. The lowest BCUT2D eigenvalue weighted by molar-refractivity contribution is -0.384. The molecule has 0 atom stereocenters. The average Bonchev–Trinajstić information content (AvgIpc) is 2.92. The summed E-state index contributed by atoms with van der Waals surface area (Å²) in [6.07, 6.45) is 0. The fourth-order valence-corrected chi connectivity index (χ4v) is 2.91. The molecule has 0 fully saturated rings. The van der Waals surface area contributed by atoms with E-state index in [1.165, 1.54) is 12.1 Å². The summed E-state index contributed by atoms with van der Waals surface area (Å²) < 4.78 is 43.6. The smallest absolute Gasteiger partial charge is 0.269 e. The number of nitro groups is 1. The average molecular weight is 539 g/mol. The van der Waals surface area contributed by atoms with E-state index in [1.54, 1.807) is 18.2 Å². The molecule has 0 aliphatic rings. The number of nitrogens with zero attached hydrogens (tertiary/aromatic N) is 1. The number of hydrogen-bond acceptors (Lipinski definition) is 11. The van der Waals surface area contributed by atoms with E-state index in [0.29, 0.717) is 110 Å². The van der Waals surface area contributed by atoms with Crippen LogP contribution in [-0.2, 0) is 28.4 Å². The molecule has 0 bridgehead atoms. The van der Waals surface area contributed by atoms with Gasteiger partial charge in [-0.1, -0.05) is 12.1 Å². The fraction of sp³-hybridized carbons (Fsp3) is 0.538. The Bertz CT molecular complexity index is 869. The number of non-ortho nitro benzene ring substituents is 1. The summed E-state index contributed by atoms with van der Waals surface area (Å²) in [5.41, 5.74) is 6.44. The molecular formula is C26H38N2O10. The highest BCUT2D eigenvalue weighted by Gasteiger charge is 2.04. The predicted molar refractivity (Wildman–Crippen MR) is 140 cm³/mol. The standard InChI is InChI=1S/C26H38N2O10/c27-25-3-1-2-4-26(25)38-22-20-36-18-16-34-14-12-32-10-9-31-11-13-33-15-17-35-19-21-37-24-7-5-23(6-8-24)28(29)30/h1-8H,9-22,27H2. The van der Waals surface area contributed by atoms with Crippen molar-refractivity contribution in [2.45, 2.75) is 0 Å². The Morgan fingerprint density at radius 2 is 0.947 bits per heavy atom.